The fourth-order valence-corrected chi connectivity index (χ4v) is 4.21. The quantitative estimate of drug-likeness (QED) is 0.562. The molecular weight excluding hydrogens is 402 g/mol. The van der Waals surface area contributed by atoms with E-state index in [1.807, 2.05) is 0 Å². The molecule has 3 rings (SSSR count). The molecule has 0 fully saturated rings. The van der Waals surface area contributed by atoms with Gasteiger partial charge < -0.3 is 14.4 Å². The zero-order chi connectivity index (χ0) is 21.3. The normalized spacial score (nSPS) is 11.3. The van der Waals surface area contributed by atoms with Crippen molar-refractivity contribution in [2.45, 2.75) is 11.8 Å². The maximum absolute atomic E-state index is 12.9. The molecule has 29 heavy (non-hydrogen) atoms. The molecule has 0 saturated heterocycles. The van der Waals surface area contributed by atoms with Crippen molar-refractivity contribution < 1.29 is 27.9 Å². The number of anilines is 1. The number of fused-ring (bicyclic) bond motifs is 1. The van der Waals surface area contributed by atoms with Crippen LogP contribution in [0.4, 0.5) is 10.7 Å². The fraction of sp³-hybridized carbons (Fsp3) is 0.176. The summed E-state index contributed by atoms with van der Waals surface area (Å²) in [5.74, 6) is -1.44. The van der Waals surface area contributed by atoms with E-state index in [1.165, 1.54) is 30.9 Å². The van der Waals surface area contributed by atoms with Gasteiger partial charge in [-0.15, -0.1) is 0 Å². The Morgan fingerprint density at radius 1 is 1.21 bits per heavy atom. The number of amides is 2. The Labute approximate surface area is 165 Å². The van der Waals surface area contributed by atoms with Crippen molar-refractivity contribution in [2.75, 3.05) is 12.4 Å². The van der Waals surface area contributed by atoms with E-state index in [0.29, 0.717) is 11.2 Å². The molecule has 0 unspecified atom stereocenters. The number of aromatic nitrogens is 3. The third kappa shape index (κ3) is 3.82. The highest BCUT2D eigenvalue weighted by atomic mass is 32.2. The van der Waals surface area contributed by atoms with Crippen LogP contribution in [-0.4, -0.2) is 47.2 Å². The monoisotopic (exact) mass is 419 g/mol. The van der Waals surface area contributed by atoms with E-state index in [0.717, 1.165) is 0 Å². The second kappa shape index (κ2) is 7.39. The molecule has 0 spiro atoms. The Bertz CT molecular complexity index is 1230. The molecule has 12 heteroatoms. The third-order valence-corrected chi connectivity index (χ3v) is 5.43. The van der Waals surface area contributed by atoms with Crippen molar-refractivity contribution in [3.05, 3.63) is 41.7 Å². The summed E-state index contributed by atoms with van der Waals surface area (Å²) >= 11 is 0. The molecule has 2 aromatic heterocycles. The summed E-state index contributed by atoms with van der Waals surface area (Å²) in [7, 11) is -1.73. The molecule has 0 bridgehead atoms. The smallest absolute Gasteiger partial charge is 0.353 e. The zero-order valence-corrected chi connectivity index (χ0v) is 16.4. The third-order valence-electron chi connectivity index (χ3n) is 4.02. The number of hydrogen-bond donors (Lipinski definition) is 3. The second-order valence-electron chi connectivity index (χ2n) is 5.99. The highest BCUT2D eigenvalue weighted by Gasteiger charge is 2.31. The van der Waals surface area contributed by atoms with Gasteiger partial charge in [0.25, 0.3) is 10.0 Å². The number of carbonyl (C=O) groups is 2. The lowest BCUT2D eigenvalue weighted by Crippen LogP contribution is -2.35. The van der Waals surface area contributed by atoms with E-state index in [4.69, 9.17) is 4.74 Å². The number of ether oxygens (including phenoxy) is 1. The highest BCUT2D eigenvalue weighted by Crippen LogP contribution is 2.29. The van der Waals surface area contributed by atoms with Crippen LogP contribution in [-0.2, 0) is 17.1 Å². The Balaban J connectivity index is 1.98. The number of nitrogens with one attached hydrogen (secondary N) is 2. The van der Waals surface area contributed by atoms with Gasteiger partial charge in [0.15, 0.2) is 0 Å². The first-order chi connectivity index (χ1) is 13.6. The van der Waals surface area contributed by atoms with Crippen molar-refractivity contribution >= 4 is 38.9 Å². The number of rotatable bonds is 5. The van der Waals surface area contributed by atoms with E-state index in [1.54, 1.807) is 29.8 Å². The summed E-state index contributed by atoms with van der Waals surface area (Å²) in [6.07, 6.45) is 0. The minimum Gasteiger partial charge on any atom is -0.481 e. The van der Waals surface area contributed by atoms with Crippen LogP contribution in [0.15, 0.2) is 35.2 Å². The number of sulfonamides is 1. The molecule has 0 aliphatic heterocycles. The average molecular weight is 419 g/mol. The predicted molar refractivity (Wildman–Crippen MR) is 103 cm³/mol. The molecule has 2 amide bonds. The number of carboxylic acids is 1. The van der Waals surface area contributed by atoms with Gasteiger partial charge in [-0.25, -0.2) is 27.7 Å². The molecular formula is C17H17N5O6S. The fourth-order valence-electron chi connectivity index (χ4n) is 2.87. The Morgan fingerprint density at radius 2 is 1.90 bits per heavy atom. The molecule has 152 valence electrons. The van der Waals surface area contributed by atoms with Crippen LogP contribution in [0.25, 0.3) is 10.9 Å². The number of urea groups is 1. The highest BCUT2D eigenvalue weighted by molar-refractivity contribution is 7.90. The number of nitrogens with zero attached hydrogens (tertiary/aromatic N) is 3. The lowest BCUT2D eigenvalue weighted by molar-refractivity contribution is 0.0682. The molecule has 0 saturated carbocycles. The molecule has 3 aromatic rings. The van der Waals surface area contributed by atoms with Crippen molar-refractivity contribution in [2.24, 2.45) is 7.05 Å². The summed E-state index contributed by atoms with van der Waals surface area (Å²) in [6.45, 7) is 1.64. The summed E-state index contributed by atoms with van der Waals surface area (Å²) in [6, 6.07) is 6.63. The van der Waals surface area contributed by atoms with Gasteiger partial charge in [0, 0.05) is 29.7 Å². The first kappa shape index (κ1) is 20.1. The van der Waals surface area contributed by atoms with Crippen LogP contribution >= 0.6 is 0 Å². The van der Waals surface area contributed by atoms with Crippen LogP contribution in [0.1, 0.15) is 16.2 Å². The summed E-state index contributed by atoms with van der Waals surface area (Å²) in [5, 5.41) is 11.9. The van der Waals surface area contributed by atoms with Crippen molar-refractivity contribution in [1.29, 1.82) is 0 Å². The van der Waals surface area contributed by atoms with Crippen LogP contribution in [0, 0.1) is 6.92 Å². The van der Waals surface area contributed by atoms with E-state index < -0.39 is 32.6 Å². The standard InChI is InChI=1S/C17H17N5O6S/c1-9-8-12(28-3)19-16(18-9)20-17(25)21-29(26,27)14-10-6-4-5-7-11(10)22(2)13(14)15(23)24/h4-8H,1-3H3,(H,23,24)(H2,18,19,20,21,25). The maximum atomic E-state index is 12.9. The average Bonchev–Trinajstić information content (AvgIpc) is 2.94. The molecule has 0 aliphatic carbocycles. The first-order valence-corrected chi connectivity index (χ1v) is 9.66. The number of aryl methyl sites for hydroxylation is 2. The van der Waals surface area contributed by atoms with Crippen molar-refractivity contribution in [3.8, 4) is 5.88 Å². The minimum absolute atomic E-state index is 0.168. The van der Waals surface area contributed by atoms with Gasteiger partial charge in [-0.05, 0) is 13.0 Å². The van der Waals surface area contributed by atoms with Gasteiger partial charge in [-0.2, -0.15) is 4.98 Å². The number of carbonyl (C=O) groups excluding carboxylic acids is 1. The molecule has 2 heterocycles. The Morgan fingerprint density at radius 3 is 2.55 bits per heavy atom. The number of para-hydroxylation sites is 1. The predicted octanol–water partition coefficient (Wildman–Crippen LogP) is 1.49. The van der Waals surface area contributed by atoms with Crippen LogP contribution in [0.5, 0.6) is 5.88 Å². The SMILES string of the molecule is COc1cc(C)nc(NC(=O)NS(=O)(=O)c2c(C(=O)O)n(C)c3ccccc23)n1. The van der Waals surface area contributed by atoms with Crippen molar-refractivity contribution in [3.63, 3.8) is 0 Å². The molecule has 0 atom stereocenters. The van der Waals surface area contributed by atoms with E-state index >= 15 is 0 Å². The first-order valence-electron chi connectivity index (χ1n) is 8.18. The van der Waals surface area contributed by atoms with Crippen LogP contribution in [0.3, 0.4) is 0 Å². The Kier molecular flexibility index (Phi) is 5.12. The number of aromatic carboxylic acids is 1. The topological polar surface area (TPSA) is 153 Å². The summed E-state index contributed by atoms with van der Waals surface area (Å²) < 4.78 is 33.7. The largest absolute Gasteiger partial charge is 0.481 e. The number of benzene rings is 1. The molecule has 0 radical (unpaired) electrons. The van der Waals surface area contributed by atoms with Gasteiger partial charge in [0.05, 0.1) is 7.11 Å². The van der Waals surface area contributed by atoms with Gasteiger partial charge in [-0.1, -0.05) is 18.2 Å². The van der Waals surface area contributed by atoms with E-state index in [-0.39, 0.29) is 17.2 Å². The lowest BCUT2D eigenvalue weighted by Gasteiger charge is -2.09. The van der Waals surface area contributed by atoms with Crippen molar-refractivity contribution in [1.82, 2.24) is 19.3 Å². The molecule has 3 N–H and O–H groups in total. The number of methoxy groups -OCH3 is 1. The van der Waals surface area contributed by atoms with Crippen LogP contribution < -0.4 is 14.8 Å². The van der Waals surface area contributed by atoms with Crippen LogP contribution in [0.2, 0.25) is 0 Å². The molecule has 11 nitrogen and oxygen atoms in total. The maximum Gasteiger partial charge on any atom is 0.353 e. The van der Waals surface area contributed by atoms with Gasteiger partial charge >= 0.3 is 12.0 Å². The molecule has 1 aromatic carbocycles. The second-order valence-corrected chi connectivity index (χ2v) is 7.61. The number of hydrogen-bond acceptors (Lipinski definition) is 7. The van der Waals surface area contributed by atoms with E-state index in [2.05, 4.69) is 15.3 Å². The minimum atomic E-state index is -4.54. The summed E-state index contributed by atoms with van der Waals surface area (Å²) in [5.41, 5.74) is 0.398. The van der Waals surface area contributed by atoms with Gasteiger partial charge in [0.2, 0.25) is 11.8 Å². The van der Waals surface area contributed by atoms with Gasteiger partial charge in [-0.3, -0.25) is 5.32 Å². The van der Waals surface area contributed by atoms with Gasteiger partial charge in [0.1, 0.15) is 10.6 Å². The van der Waals surface area contributed by atoms with E-state index in [9.17, 15) is 23.1 Å². The Hall–Kier alpha value is -3.67. The number of carboxylic acid groups (broad SMARTS) is 1. The lowest BCUT2D eigenvalue weighted by atomic mass is 10.2. The molecule has 0 aliphatic rings. The summed E-state index contributed by atoms with van der Waals surface area (Å²) in [4.78, 5) is 31.3. The zero-order valence-electron chi connectivity index (χ0n) is 15.6.